The maximum atomic E-state index is 5.65. The minimum Gasteiger partial charge on any atom is -0.330 e. The third-order valence-electron chi connectivity index (χ3n) is 2.96. The molecule has 2 aromatic heterocycles. The Morgan fingerprint density at radius 2 is 2.12 bits per heavy atom. The quantitative estimate of drug-likeness (QED) is 0.887. The van der Waals surface area contributed by atoms with E-state index in [1.54, 1.807) is 11.3 Å². The topological polar surface area (TPSA) is 43.8 Å². The molecule has 0 atom stereocenters. The van der Waals surface area contributed by atoms with Gasteiger partial charge in [-0.3, -0.25) is 0 Å². The summed E-state index contributed by atoms with van der Waals surface area (Å²) in [5.74, 6) is 0. The highest BCUT2D eigenvalue weighted by Crippen LogP contribution is 2.22. The fourth-order valence-electron chi connectivity index (χ4n) is 1.73. The van der Waals surface area contributed by atoms with Crippen LogP contribution in [0, 0.1) is 20.8 Å². The van der Waals surface area contributed by atoms with Gasteiger partial charge in [0.15, 0.2) is 0 Å². The molecule has 0 aliphatic rings. The second-order valence-electron chi connectivity index (χ2n) is 4.04. The molecule has 4 heteroatoms. The summed E-state index contributed by atoms with van der Waals surface area (Å²) in [4.78, 5) is 6.92. The van der Waals surface area contributed by atoms with Gasteiger partial charge in [-0.2, -0.15) is 0 Å². The molecule has 16 heavy (non-hydrogen) atoms. The average Bonchev–Trinajstić information content (AvgIpc) is 2.77. The number of nitrogens with zero attached hydrogens (tertiary/aromatic N) is 2. The predicted octanol–water partition coefficient (Wildman–Crippen LogP) is 2.38. The summed E-state index contributed by atoms with van der Waals surface area (Å²) in [7, 11) is 0. The summed E-state index contributed by atoms with van der Waals surface area (Å²) in [6.07, 6.45) is 1.91. The predicted molar refractivity (Wildman–Crippen MR) is 67.8 cm³/mol. The van der Waals surface area contributed by atoms with Gasteiger partial charge in [-0.15, -0.1) is 11.3 Å². The maximum Gasteiger partial charge on any atom is 0.0954 e. The Morgan fingerprint density at radius 1 is 1.38 bits per heavy atom. The van der Waals surface area contributed by atoms with Gasteiger partial charge in [0.2, 0.25) is 0 Å². The molecule has 0 aliphatic carbocycles. The highest BCUT2D eigenvalue weighted by atomic mass is 32.1. The molecule has 0 aliphatic heterocycles. The van der Waals surface area contributed by atoms with Crippen LogP contribution in [0.15, 0.2) is 12.4 Å². The lowest BCUT2D eigenvalue weighted by atomic mass is 10.2. The minimum absolute atomic E-state index is 0.632. The van der Waals surface area contributed by atoms with Crippen LogP contribution in [-0.2, 0) is 13.1 Å². The van der Waals surface area contributed by atoms with E-state index in [0.717, 1.165) is 12.2 Å². The van der Waals surface area contributed by atoms with Crippen LogP contribution in [0.4, 0.5) is 0 Å². The van der Waals surface area contributed by atoms with Gasteiger partial charge in [-0.1, -0.05) is 0 Å². The van der Waals surface area contributed by atoms with Crippen molar-refractivity contribution in [3.8, 4) is 0 Å². The first kappa shape index (κ1) is 11.4. The largest absolute Gasteiger partial charge is 0.330 e. The van der Waals surface area contributed by atoms with Crippen LogP contribution in [0.3, 0.4) is 0 Å². The van der Waals surface area contributed by atoms with E-state index >= 15 is 0 Å². The summed E-state index contributed by atoms with van der Waals surface area (Å²) in [5, 5.41) is 0. The highest BCUT2D eigenvalue weighted by Gasteiger charge is 2.07. The van der Waals surface area contributed by atoms with Crippen LogP contribution < -0.4 is 5.73 Å². The zero-order valence-electron chi connectivity index (χ0n) is 9.95. The second kappa shape index (κ2) is 4.39. The van der Waals surface area contributed by atoms with Gasteiger partial charge in [0.05, 0.1) is 12.0 Å². The number of nitrogens with two attached hydrogens (primary N) is 1. The molecule has 0 fully saturated rings. The first-order valence-electron chi connectivity index (χ1n) is 5.38. The fraction of sp³-hybridized carbons (Fsp3) is 0.417. The van der Waals surface area contributed by atoms with Crippen molar-refractivity contribution in [1.82, 2.24) is 9.55 Å². The molecule has 0 radical (unpaired) electrons. The van der Waals surface area contributed by atoms with Crippen LogP contribution >= 0.6 is 11.3 Å². The van der Waals surface area contributed by atoms with Crippen molar-refractivity contribution in [1.29, 1.82) is 0 Å². The van der Waals surface area contributed by atoms with Gasteiger partial charge in [-0.05, 0) is 32.4 Å². The number of thiophene rings is 1. The fourth-order valence-corrected chi connectivity index (χ4v) is 2.66. The molecule has 0 bridgehead atoms. The molecule has 2 N–H and O–H groups in total. The van der Waals surface area contributed by atoms with Crippen molar-refractivity contribution in [2.45, 2.75) is 33.9 Å². The highest BCUT2D eigenvalue weighted by molar-refractivity contribution is 7.12. The van der Waals surface area contributed by atoms with E-state index in [1.807, 2.05) is 13.3 Å². The summed E-state index contributed by atoms with van der Waals surface area (Å²) in [5.41, 5.74) is 9.34. The molecule has 0 saturated heterocycles. The van der Waals surface area contributed by atoms with Crippen molar-refractivity contribution >= 4 is 11.3 Å². The Kier molecular flexibility index (Phi) is 3.12. The number of hydrogen-bond acceptors (Lipinski definition) is 3. The van der Waals surface area contributed by atoms with E-state index < -0.39 is 0 Å². The molecule has 0 unspecified atom stereocenters. The lowest BCUT2D eigenvalue weighted by Gasteiger charge is -2.04. The number of imidazole rings is 1. The van der Waals surface area contributed by atoms with Crippen LogP contribution in [-0.4, -0.2) is 9.55 Å². The zero-order chi connectivity index (χ0) is 11.7. The van der Waals surface area contributed by atoms with E-state index in [-0.39, 0.29) is 0 Å². The van der Waals surface area contributed by atoms with Crippen LogP contribution in [0.2, 0.25) is 0 Å². The molecule has 0 aromatic carbocycles. The lowest BCUT2D eigenvalue weighted by Crippen LogP contribution is -2.00. The van der Waals surface area contributed by atoms with Crippen LogP contribution in [0.25, 0.3) is 0 Å². The van der Waals surface area contributed by atoms with Crippen molar-refractivity contribution in [2.75, 3.05) is 0 Å². The van der Waals surface area contributed by atoms with Crippen LogP contribution in [0.5, 0.6) is 0 Å². The Morgan fingerprint density at radius 3 is 2.62 bits per heavy atom. The van der Waals surface area contributed by atoms with Crippen molar-refractivity contribution in [3.63, 3.8) is 0 Å². The van der Waals surface area contributed by atoms with Crippen molar-refractivity contribution in [3.05, 3.63) is 39.1 Å². The monoisotopic (exact) mass is 235 g/mol. The molecular formula is C12H17N3S. The van der Waals surface area contributed by atoms with Gasteiger partial charge in [0, 0.05) is 28.5 Å². The van der Waals surface area contributed by atoms with Crippen molar-refractivity contribution < 1.29 is 0 Å². The molecule has 3 nitrogen and oxygen atoms in total. The minimum atomic E-state index is 0.632. The normalized spacial score (nSPS) is 11.0. The first-order valence-corrected chi connectivity index (χ1v) is 6.20. The van der Waals surface area contributed by atoms with Crippen molar-refractivity contribution in [2.24, 2.45) is 5.73 Å². The molecular weight excluding hydrogens is 218 g/mol. The van der Waals surface area contributed by atoms with E-state index in [1.165, 1.54) is 21.0 Å². The number of rotatable bonds is 3. The lowest BCUT2D eigenvalue weighted by molar-refractivity contribution is 0.767. The second-order valence-corrected chi connectivity index (χ2v) is 5.38. The summed E-state index contributed by atoms with van der Waals surface area (Å²) >= 11 is 1.79. The van der Waals surface area contributed by atoms with Gasteiger partial charge >= 0.3 is 0 Å². The number of aryl methyl sites for hydroxylation is 2. The number of hydrogen-bond donors (Lipinski definition) is 1. The SMILES string of the molecule is Cc1ncn(Cc2cc(CN)sc2C)c1C. The standard InChI is InChI=1S/C12H17N3S/c1-8-9(2)15(7-14-8)6-11-4-12(5-13)16-10(11)3/h4,7H,5-6,13H2,1-3H3. The summed E-state index contributed by atoms with van der Waals surface area (Å²) in [6.45, 7) is 7.83. The van der Waals surface area contributed by atoms with Crippen LogP contribution in [0.1, 0.15) is 26.7 Å². The molecule has 2 aromatic rings. The molecule has 0 saturated carbocycles. The summed E-state index contributed by atoms with van der Waals surface area (Å²) < 4.78 is 2.19. The zero-order valence-corrected chi connectivity index (χ0v) is 10.8. The smallest absolute Gasteiger partial charge is 0.0954 e. The molecule has 2 heterocycles. The Hall–Kier alpha value is -1.13. The van der Waals surface area contributed by atoms with Gasteiger partial charge in [-0.25, -0.2) is 4.98 Å². The van der Waals surface area contributed by atoms with Gasteiger partial charge in [0.25, 0.3) is 0 Å². The molecule has 0 spiro atoms. The van der Waals surface area contributed by atoms with E-state index in [9.17, 15) is 0 Å². The van der Waals surface area contributed by atoms with E-state index in [0.29, 0.717) is 6.54 Å². The first-order chi connectivity index (χ1) is 7.61. The van der Waals surface area contributed by atoms with Gasteiger partial charge in [0.1, 0.15) is 0 Å². The van der Waals surface area contributed by atoms with E-state index in [2.05, 4.69) is 29.5 Å². The van der Waals surface area contributed by atoms with E-state index in [4.69, 9.17) is 5.73 Å². The number of aromatic nitrogens is 2. The molecule has 0 amide bonds. The van der Waals surface area contributed by atoms with Gasteiger partial charge < -0.3 is 10.3 Å². The Bertz CT molecular complexity index is 496. The third-order valence-corrected chi connectivity index (χ3v) is 4.07. The molecule has 86 valence electrons. The third kappa shape index (κ3) is 2.03. The Balaban J connectivity index is 2.26. The molecule has 2 rings (SSSR count). The maximum absolute atomic E-state index is 5.65. The summed E-state index contributed by atoms with van der Waals surface area (Å²) in [6, 6.07) is 2.20. The Labute approximate surface area is 99.9 Å². The average molecular weight is 235 g/mol.